The van der Waals surface area contributed by atoms with Gasteiger partial charge in [-0.1, -0.05) is 60.7 Å². The average molecular weight is 773 g/mol. The molecule has 3 aliphatic rings. The molecule has 3 aromatic rings. The molecule has 6 N–H and O–H groups in total. The van der Waals surface area contributed by atoms with Crippen LogP contribution in [0.5, 0.6) is 0 Å². The Balaban J connectivity index is 0.972. The van der Waals surface area contributed by atoms with Crippen LogP contribution in [0, 0.1) is 5.92 Å². The third-order valence-corrected chi connectivity index (χ3v) is 10.3. The zero-order chi connectivity index (χ0) is 39.3. The number of aromatic nitrogens is 1. The predicted molar refractivity (Wildman–Crippen MR) is 206 cm³/mol. The molecule has 4 heterocycles. The first-order valence-corrected chi connectivity index (χ1v) is 19.2. The number of nitrogen functional groups attached to an aromatic ring is 1. The van der Waals surface area contributed by atoms with Gasteiger partial charge in [0.2, 0.25) is 5.91 Å². The number of pyridine rings is 1. The Morgan fingerprint density at radius 2 is 1.46 bits per heavy atom. The van der Waals surface area contributed by atoms with Crippen LogP contribution in [0.2, 0.25) is 0 Å². The van der Waals surface area contributed by atoms with Crippen molar-refractivity contribution in [3.8, 4) is 0 Å². The lowest BCUT2D eigenvalue weighted by Gasteiger charge is -2.39. The number of nitrogens with one attached hydrogen (secondary N) is 2. The number of hydrogen-bond acceptors (Lipinski definition) is 11. The number of ether oxygens (including phenoxy) is 4. The van der Waals surface area contributed by atoms with Crippen LogP contribution < -0.4 is 22.1 Å². The average Bonchev–Trinajstić information content (AvgIpc) is 3.24. The number of anilines is 1. The van der Waals surface area contributed by atoms with Gasteiger partial charge in [0.15, 0.2) is 0 Å². The standard InChI is InChI=1S/C40H52N8O8/c41-22-29-7-4-8-30(21-29)23-45-38(50)46-16-18-48(19-17-46)39(51)55-27-34-36(54-26-28-5-2-1-3-6-28)33(13-20-53-34)56-40(52)47-14-11-32(12-15-47)37(49)44-25-31-9-10-35(42)43-24-31/h1-10,21,24,32-34,36H,11-20,22-23,25-27,41H2,(H2,42,43)(H,44,49)(H,45,50)/t33-,34-,36+/m1/s1. The molecule has 300 valence electrons. The van der Waals surface area contributed by atoms with E-state index < -0.39 is 30.5 Å². The molecule has 0 aliphatic carbocycles. The summed E-state index contributed by atoms with van der Waals surface area (Å²) in [6.45, 7) is 3.64. The molecule has 0 saturated carbocycles. The number of amides is 5. The highest BCUT2D eigenvalue weighted by Gasteiger charge is 2.40. The van der Waals surface area contributed by atoms with E-state index in [2.05, 4.69) is 15.6 Å². The smallest absolute Gasteiger partial charge is 0.410 e. The minimum atomic E-state index is -0.710. The number of benzene rings is 2. The highest BCUT2D eigenvalue weighted by molar-refractivity contribution is 5.79. The summed E-state index contributed by atoms with van der Waals surface area (Å²) in [7, 11) is 0. The molecular weight excluding hydrogens is 720 g/mol. The summed E-state index contributed by atoms with van der Waals surface area (Å²) in [6, 6.07) is 20.7. The number of rotatable bonds is 12. The van der Waals surface area contributed by atoms with E-state index in [0.29, 0.717) is 84.0 Å². The number of piperazine rings is 1. The lowest BCUT2D eigenvalue weighted by Crippen LogP contribution is -2.54. The van der Waals surface area contributed by atoms with Crippen molar-refractivity contribution in [3.63, 3.8) is 0 Å². The van der Waals surface area contributed by atoms with Gasteiger partial charge in [-0.05, 0) is 41.2 Å². The van der Waals surface area contributed by atoms with Gasteiger partial charge in [-0.3, -0.25) is 4.79 Å². The molecule has 6 rings (SSSR count). The van der Waals surface area contributed by atoms with E-state index in [1.807, 2.05) is 60.7 Å². The van der Waals surface area contributed by atoms with E-state index in [-0.39, 0.29) is 37.7 Å². The van der Waals surface area contributed by atoms with E-state index in [1.165, 1.54) is 0 Å². The number of nitrogens with two attached hydrogens (primary N) is 2. The Morgan fingerprint density at radius 3 is 2.20 bits per heavy atom. The fraction of sp³-hybridized carbons (Fsp3) is 0.475. The summed E-state index contributed by atoms with van der Waals surface area (Å²) < 4.78 is 24.2. The van der Waals surface area contributed by atoms with Crippen molar-refractivity contribution < 1.29 is 38.1 Å². The molecule has 56 heavy (non-hydrogen) atoms. The number of carbonyl (C=O) groups is 4. The second-order valence-electron chi connectivity index (χ2n) is 14.2. The molecule has 3 aliphatic heterocycles. The molecule has 3 fully saturated rings. The first kappa shape index (κ1) is 40.2. The first-order chi connectivity index (χ1) is 27.2. The highest BCUT2D eigenvalue weighted by Crippen LogP contribution is 2.26. The van der Waals surface area contributed by atoms with E-state index in [4.69, 9.17) is 30.4 Å². The van der Waals surface area contributed by atoms with Crippen molar-refractivity contribution >= 4 is 29.9 Å². The minimum absolute atomic E-state index is 0.0702. The van der Waals surface area contributed by atoms with Crippen LogP contribution in [0.1, 0.15) is 41.5 Å². The number of likely N-dealkylation sites (tertiary alicyclic amines) is 1. The van der Waals surface area contributed by atoms with Crippen molar-refractivity contribution in [2.75, 3.05) is 58.2 Å². The normalized spacial score (nSPS) is 20.2. The van der Waals surface area contributed by atoms with Crippen LogP contribution in [0.15, 0.2) is 72.9 Å². The topological polar surface area (TPSA) is 204 Å². The molecular formula is C40H52N8O8. The summed E-state index contributed by atoms with van der Waals surface area (Å²) in [5.41, 5.74) is 15.1. The van der Waals surface area contributed by atoms with Crippen molar-refractivity contribution in [3.05, 3.63) is 95.2 Å². The monoisotopic (exact) mass is 772 g/mol. The molecule has 16 heteroatoms. The second kappa shape index (κ2) is 19.9. The quantitative estimate of drug-likeness (QED) is 0.211. The van der Waals surface area contributed by atoms with Crippen LogP contribution in [-0.2, 0) is 50.0 Å². The Kier molecular flexibility index (Phi) is 14.3. The largest absolute Gasteiger partial charge is 0.447 e. The molecule has 0 unspecified atom stereocenters. The summed E-state index contributed by atoms with van der Waals surface area (Å²) in [6.07, 6.45) is -0.0250. The zero-order valence-electron chi connectivity index (χ0n) is 31.6. The molecule has 5 amide bonds. The number of carbonyl (C=O) groups excluding carboxylic acids is 4. The van der Waals surface area contributed by atoms with Crippen molar-refractivity contribution in [2.45, 2.75) is 63.8 Å². The van der Waals surface area contributed by atoms with Crippen molar-refractivity contribution in [1.82, 2.24) is 30.3 Å². The highest BCUT2D eigenvalue weighted by atomic mass is 16.6. The zero-order valence-corrected chi connectivity index (χ0v) is 31.6. The fourth-order valence-electron chi connectivity index (χ4n) is 6.98. The van der Waals surface area contributed by atoms with Crippen LogP contribution >= 0.6 is 0 Å². The number of nitrogens with zero attached hydrogens (tertiary/aromatic N) is 4. The summed E-state index contributed by atoms with van der Waals surface area (Å²) >= 11 is 0. The van der Waals surface area contributed by atoms with Gasteiger partial charge in [-0.25, -0.2) is 19.4 Å². The van der Waals surface area contributed by atoms with Crippen LogP contribution in [-0.4, -0.2) is 115 Å². The maximum atomic E-state index is 13.5. The molecule has 0 bridgehead atoms. The van der Waals surface area contributed by atoms with E-state index >= 15 is 0 Å². The van der Waals surface area contributed by atoms with Crippen molar-refractivity contribution in [1.29, 1.82) is 0 Å². The maximum Gasteiger partial charge on any atom is 0.410 e. The summed E-state index contributed by atoms with van der Waals surface area (Å²) in [4.78, 5) is 61.2. The van der Waals surface area contributed by atoms with Gasteiger partial charge >= 0.3 is 18.2 Å². The summed E-state index contributed by atoms with van der Waals surface area (Å²) in [5.74, 6) is 0.120. The Bertz CT molecular complexity index is 1750. The van der Waals surface area contributed by atoms with Gasteiger partial charge in [-0.2, -0.15) is 0 Å². The third kappa shape index (κ3) is 11.3. The Hall–Kier alpha value is -5.45. The minimum Gasteiger partial charge on any atom is -0.447 e. The fourth-order valence-corrected chi connectivity index (χ4v) is 6.98. The number of hydrogen-bond donors (Lipinski definition) is 4. The second-order valence-corrected chi connectivity index (χ2v) is 14.2. The first-order valence-electron chi connectivity index (χ1n) is 19.2. The lowest BCUT2D eigenvalue weighted by atomic mass is 9.96. The SMILES string of the molecule is NCc1cccc(CNC(=O)N2CCN(C(=O)OC[C@H]3OCC[C@@H](OC(=O)N4CCC(C(=O)NCc5ccc(N)nc5)CC4)[C@@H]3OCc3ccccc3)CC2)c1. The maximum absolute atomic E-state index is 13.5. The molecule has 1 aromatic heterocycles. The molecule has 0 spiro atoms. The van der Waals surface area contributed by atoms with Gasteiger partial charge in [0.05, 0.1) is 13.2 Å². The molecule has 2 aromatic carbocycles. The van der Waals surface area contributed by atoms with Crippen molar-refractivity contribution in [2.24, 2.45) is 11.7 Å². The van der Waals surface area contributed by atoms with Gasteiger partial charge < -0.3 is 55.7 Å². The molecule has 3 saturated heterocycles. The Labute approximate surface area is 326 Å². The van der Waals surface area contributed by atoms with Gasteiger partial charge in [-0.15, -0.1) is 0 Å². The molecule has 0 radical (unpaired) electrons. The van der Waals surface area contributed by atoms with Crippen LogP contribution in [0.3, 0.4) is 0 Å². The van der Waals surface area contributed by atoms with E-state index in [9.17, 15) is 19.2 Å². The predicted octanol–water partition coefficient (Wildman–Crippen LogP) is 2.99. The molecule has 16 nitrogen and oxygen atoms in total. The van der Waals surface area contributed by atoms with Crippen LogP contribution in [0.25, 0.3) is 0 Å². The van der Waals surface area contributed by atoms with Gasteiger partial charge in [0, 0.05) is 77.4 Å². The Morgan fingerprint density at radius 1 is 0.768 bits per heavy atom. The molecule has 3 atom stereocenters. The van der Waals surface area contributed by atoms with Crippen LogP contribution in [0.4, 0.5) is 20.2 Å². The summed E-state index contributed by atoms with van der Waals surface area (Å²) in [5, 5.41) is 5.89. The number of piperidine rings is 1. The lowest BCUT2D eigenvalue weighted by molar-refractivity contribution is -0.178. The van der Waals surface area contributed by atoms with Gasteiger partial charge in [0.1, 0.15) is 30.7 Å². The van der Waals surface area contributed by atoms with E-state index in [0.717, 1.165) is 22.3 Å². The van der Waals surface area contributed by atoms with Gasteiger partial charge in [0.25, 0.3) is 0 Å². The third-order valence-electron chi connectivity index (χ3n) is 10.3. The number of urea groups is 1. The van der Waals surface area contributed by atoms with E-state index in [1.54, 1.807) is 27.0 Å².